The van der Waals surface area contributed by atoms with E-state index in [0.29, 0.717) is 24.3 Å². The van der Waals surface area contributed by atoms with Gasteiger partial charge in [0.1, 0.15) is 11.5 Å². The van der Waals surface area contributed by atoms with Crippen LogP contribution in [-0.4, -0.2) is 24.7 Å². The predicted octanol–water partition coefficient (Wildman–Crippen LogP) is 2.33. The number of imide groups is 1. The molecule has 1 saturated heterocycles. The zero-order valence-corrected chi connectivity index (χ0v) is 12.6. The van der Waals surface area contributed by atoms with Crippen molar-refractivity contribution in [2.24, 2.45) is 11.8 Å². The van der Waals surface area contributed by atoms with Crippen LogP contribution in [0.15, 0.2) is 24.3 Å². The largest absolute Gasteiger partial charge is 0.495 e. The van der Waals surface area contributed by atoms with Crippen LogP contribution in [0.4, 0.5) is 5.69 Å². The van der Waals surface area contributed by atoms with Crippen LogP contribution in [0.1, 0.15) is 32.1 Å². The Morgan fingerprint density at radius 3 is 2.59 bits per heavy atom. The zero-order valence-electron chi connectivity index (χ0n) is 12.6. The van der Waals surface area contributed by atoms with Crippen LogP contribution >= 0.6 is 0 Å². The first kappa shape index (κ1) is 14.8. The number of ketones is 1. The van der Waals surface area contributed by atoms with E-state index in [-0.39, 0.29) is 29.9 Å². The summed E-state index contributed by atoms with van der Waals surface area (Å²) in [6, 6.07) is 6.96. The molecule has 5 heteroatoms. The molecule has 0 spiro atoms. The first-order valence-corrected chi connectivity index (χ1v) is 7.66. The summed E-state index contributed by atoms with van der Waals surface area (Å²) in [4.78, 5) is 38.4. The van der Waals surface area contributed by atoms with Gasteiger partial charge in [0, 0.05) is 18.8 Å². The summed E-state index contributed by atoms with van der Waals surface area (Å²) in [5.74, 6) is -0.721. The molecule has 1 aliphatic carbocycles. The van der Waals surface area contributed by atoms with Gasteiger partial charge < -0.3 is 4.74 Å². The third-order valence-electron chi connectivity index (χ3n) is 4.60. The highest BCUT2D eigenvalue weighted by molar-refractivity contribution is 6.22. The SMILES string of the molecule is COc1ccccc1N1C(=O)CC(C2CCCCC2=O)C1=O. The monoisotopic (exact) mass is 301 g/mol. The summed E-state index contributed by atoms with van der Waals surface area (Å²) >= 11 is 0. The highest BCUT2D eigenvalue weighted by Gasteiger charge is 2.46. The molecule has 2 fully saturated rings. The highest BCUT2D eigenvalue weighted by atomic mass is 16.5. The first-order valence-electron chi connectivity index (χ1n) is 7.66. The van der Waals surface area contributed by atoms with Gasteiger partial charge in [-0.15, -0.1) is 0 Å². The Hall–Kier alpha value is -2.17. The van der Waals surface area contributed by atoms with Crippen molar-refractivity contribution < 1.29 is 19.1 Å². The van der Waals surface area contributed by atoms with Crippen molar-refractivity contribution in [2.45, 2.75) is 32.1 Å². The number of rotatable bonds is 3. The lowest BCUT2D eigenvalue weighted by molar-refractivity contribution is -0.132. The molecular formula is C17H19NO4. The minimum atomic E-state index is -0.509. The molecule has 0 radical (unpaired) electrons. The normalized spacial score (nSPS) is 25.7. The molecular weight excluding hydrogens is 282 g/mol. The van der Waals surface area contributed by atoms with Crippen molar-refractivity contribution in [3.8, 4) is 5.75 Å². The Bertz CT molecular complexity index is 625. The molecule has 2 amide bonds. The number of ether oxygens (including phenoxy) is 1. The summed E-state index contributed by atoms with van der Waals surface area (Å²) in [7, 11) is 1.51. The van der Waals surface area contributed by atoms with E-state index < -0.39 is 5.92 Å². The number of hydrogen-bond acceptors (Lipinski definition) is 4. The summed E-state index contributed by atoms with van der Waals surface area (Å²) in [5.41, 5.74) is 0.464. The van der Waals surface area contributed by atoms with E-state index in [1.54, 1.807) is 24.3 Å². The van der Waals surface area contributed by atoms with Crippen molar-refractivity contribution in [2.75, 3.05) is 12.0 Å². The quantitative estimate of drug-likeness (QED) is 0.804. The van der Waals surface area contributed by atoms with E-state index in [0.717, 1.165) is 12.8 Å². The Morgan fingerprint density at radius 1 is 1.09 bits per heavy atom. The van der Waals surface area contributed by atoms with Gasteiger partial charge >= 0.3 is 0 Å². The molecule has 0 N–H and O–H groups in total. The number of methoxy groups -OCH3 is 1. The van der Waals surface area contributed by atoms with E-state index in [2.05, 4.69) is 0 Å². The molecule has 1 aliphatic heterocycles. The number of benzene rings is 1. The van der Waals surface area contributed by atoms with Gasteiger partial charge in [-0.25, -0.2) is 4.90 Å². The van der Waals surface area contributed by atoms with Gasteiger partial charge in [0.25, 0.3) is 0 Å². The minimum absolute atomic E-state index is 0.118. The number of para-hydroxylation sites is 2. The molecule has 1 aromatic rings. The maximum absolute atomic E-state index is 12.7. The predicted molar refractivity (Wildman–Crippen MR) is 80.6 cm³/mol. The molecule has 2 aliphatic rings. The Morgan fingerprint density at radius 2 is 1.86 bits per heavy atom. The van der Waals surface area contributed by atoms with Crippen LogP contribution in [0.2, 0.25) is 0 Å². The molecule has 0 bridgehead atoms. The van der Waals surface area contributed by atoms with Crippen LogP contribution < -0.4 is 9.64 Å². The van der Waals surface area contributed by atoms with Gasteiger partial charge in [0.05, 0.1) is 18.7 Å². The van der Waals surface area contributed by atoms with Crippen LogP contribution in [0, 0.1) is 11.8 Å². The fourth-order valence-electron chi connectivity index (χ4n) is 3.47. The third kappa shape index (κ3) is 2.40. The average Bonchev–Trinajstić information content (AvgIpc) is 2.82. The minimum Gasteiger partial charge on any atom is -0.495 e. The number of hydrogen-bond donors (Lipinski definition) is 0. The van der Waals surface area contributed by atoms with Crippen LogP contribution in [-0.2, 0) is 14.4 Å². The van der Waals surface area contributed by atoms with E-state index >= 15 is 0 Å². The average molecular weight is 301 g/mol. The second-order valence-corrected chi connectivity index (χ2v) is 5.87. The van der Waals surface area contributed by atoms with Crippen molar-refractivity contribution in [3.05, 3.63) is 24.3 Å². The Labute approximate surface area is 129 Å². The standard InChI is InChI=1S/C17H19NO4/c1-22-15-9-5-3-7-13(15)18-16(20)10-12(17(18)21)11-6-2-4-8-14(11)19/h3,5,7,9,11-12H,2,4,6,8,10H2,1H3. The van der Waals surface area contributed by atoms with Crippen LogP contribution in [0.5, 0.6) is 5.75 Å². The van der Waals surface area contributed by atoms with Crippen LogP contribution in [0.3, 0.4) is 0 Å². The molecule has 2 unspecified atom stereocenters. The molecule has 3 rings (SSSR count). The fourth-order valence-corrected chi connectivity index (χ4v) is 3.47. The van der Waals surface area contributed by atoms with E-state index in [1.165, 1.54) is 12.0 Å². The molecule has 22 heavy (non-hydrogen) atoms. The summed E-state index contributed by atoms with van der Waals surface area (Å²) in [5, 5.41) is 0. The number of nitrogens with zero attached hydrogens (tertiary/aromatic N) is 1. The van der Waals surface area contributed by atoms with E-state index in [9.17, 15) is 14.4 Å². The van der Waals surface area contributed by atoms with Gasteiger partial charge in [0.2, 0.25) is 11.8 Å². The maximum Gasteiger partial charge on any atom is 0.238 e. The molecule has 1 aromatic carbocycles. The molecule has 0 aromatic heterocycles. The smallest absolute Gasteiger partial charge is 0.238 e. The Kier molecular flexibility index (Phi) is 3.96. The Balaban J connectivity index is 1.90. The van der Waals surface area contributed by atoms with Crippen molar-refractivity contribution in [1.82, 2.24) is 0 Å². The topological polar surface area (TPSA) is 63.7 Å². The molecule has 1 heterocycles. The van der Waals surface area contributed by atoms with Crippen molar-refractivity contribution in [1.29, 1.82) is 0 Å². The molecule has 2 atom stereocenters. The number of amides is 2. The zero-order chi connectivity index (χ0) is 15.7. The summed E-state index contributed by atoms with van der Waals surface area (Å²) < 4.78 is 5.24. The van der Waals surface area contributed by atoms with E-state index in [1.807, 2.05) is 0 Å². The summed E-state index contributed by atoms with van der Waals surface area (Å²) in [6.45, 7) is 0. The molecule has 5 nitrogen and oxygen atoms in total. The lowest BCUT2D eigenvalue weighted by atomic mass is 9.78. The number of carbonyl (C=O) groups excluding carboxylic acids is 3. The summed E-state index contributed by atoms with van der Waals surface area (Å²) in [6.07, 6.45) is 3.19. The number of anilines is 1. The van der Waals surface area contributed by atoms with Gasteiger partial charge in [-0.05, 0) is 25.0 Å². The van der Waals surface area contributed by atoms with E-state index in [4.69, 9.17) is 4.74 Å². The lowest BCUT2D eigenvalue weighted by Gasteiger charge is -2.25. The second kappa shape index (κ2) is 5.91. The van der Waals surface area contributed by atoms with Crippen molar-refractivity contribution in [3.63, 3.8) is 0 Å². The van der Waals surface area contributed by atoms with Gasteiger partial charge in [-0.3, -0.25) is 14.4 Å². The van der Waals surface area contributed by atoms with Gasteiger partial charge in [-0.2, -0.15) is 0 Å². The van der Waals surface area contributed by atoms with Crippen LogP contribution in [0.25, 0.3) is 0 Å². The maximum atomic E-state index is 12.7. The number of Topliss-reactive ketones (excluding diaryl/α,β-unsaturated/α-hetero) is 1. The highest BCUT2D eigenvalue weighted by Crippen LogP contribution is 2.39. The third-order valence-corrected chi connectivity index (χ3v) is 4.60. The lowest BCUT2D eigenvalue weighted by Crippen LogP contribution is -2.35. The van der Waals surface area contributed by atoms with Gasteiger partial charge in [0.15, 0.2) is 0 Å². The van der Waals surface area contributed by atoms with Gasteiger partial charge in [-0.1, -0.05) is 18.6 Å². The van der Waals surface area contributed by atoms with Crippen molar-refractivity contribution >= 4 is 23.3 Å². The first-order chi connectivity index (χ1) is 10.6. The molecule has 116 valence electrons. The second-order valence-electron chi connectivity index (χ2n) is 5.87. The number of carbonyl (C=O) groups is 3. The fraction of sp³-hybridized carbons (Fsp3) is 0.471. The molecule has 1 saturated carbocycles.